The maximum atomic E-state index is 13.9. The molecule has 1 aliphatic rings. The summed E-state index contributed by atoms with van der Waals surface area (Å²) in [5, 5.41) is 0.840. The Morgan fingerprint density at radius 2 is 1.53 bits per heavy atom. The molecular formula is C38H32N2O5. The molecule has 0 spiro atoms. The van der Waals surface area contributed by atoms with Gasteiger partial charge in [0, 0.05) is 49.0 Å². The van der Waals surface area contributed by atoms with Crippen molar-refractivity contribution in [3.05, 3.63) is 141 Å². The molecule has 6 aromatic rings. The Morgan fingerprint density at radius 1 is 0.822 bits per heavy atom. The van der Waals surface area contributed by atoms with Crippen LogP contribution in [0.3, 0.4) is 0 Å². The summed E-state index contributed by atoms with van der Waals surface area (Å²) >= 11 is 0. The van der Waals surface area contributed by atoms with Crippen molar-refractivity contribution in [2.75, 3.05) is 27.3 Å². The normalized spacial score (nSPS) is 13.6. The van der Waals surface area contributed by atoms with E-state index < -0.39 is 0 Å². The zero-order chi connectivity index (χ0) is 30.9. The highest BCUT2D eigenvalue weighted by molar-refractivity contribution is 5.97. The van der Waals surface area contributed by atoms with Crippen LogP contribution in [0, 0.1) is 0 Å². The van der Waals surface area contributed by atoms with Gasteiger partial charge in [-0.25, -0.2) is 0 Å². The molecule has 0 bridgehead atoms. The highest BCUT2D eigenvalue weighted by atomic mass is 16.5. The molecule has 4 aromatic carbocycles. The summed E-state index contributed by atoms with van der Waals surface area (Å²) in [6.45, 7) is 2.41. The average Bonchev–Trinajstić information content (AvgIpc) is 3.09. The van der Waals surface area contributed by atoms with Gasteiger partial charge in [-0.1, -0.05) is 66.7 Å². The summed E-state index contributed by atoms with van der Waals surface area (Å²) in [5.74, 6) is 1.09. The lowest BCUT2D eigenvalue weighted by Gasteiger charge is -2.27. The van der Waals surface area contributed by atoms with Crippen molar-refractivity contribution < 1.29 is 13.9 Å². The monoisotopic (exact) mass is 596 g/mol. The minimum atomic E-state index is -0.298. The Hall–Kier alpha value is -5.40. The second-order valence-electron chi connectivity index (χ2n) is 11.1. The summed E-state index contributed by atoms with van der Waals surface area (Å²) in [5.41, 5.74) is 4.74. The van der Waals surface area contributed by atoms with E-state index in [1.807, 2.05) is 59.2 Å². The second kappa shape index (κ2) is 11.9. The van der Waals surface area contributed by atoms with E-state index >= 15 is 0 Å². The van der Waals surface area contributed by atoms with Crippen molar-refractivity contribution in [2.45, 2.75) is 13.0 Å². The number of ether oxygens (including phenoxy) is 2. The summed E-state index contributed by atoms with van der Waals surface area (Å²) in [4.78, 5) is 30.2. The summed E-state index contributed by atoms with van der Waals surface area (Å²) in [7, 11) is 3.11. The molecule has 0 atom stereocenters. The SMILES string of the molecule is COc1cc(OC)c2c(=O)cc(-c3cn(-c4ccccc4)c4ccccc4c3=O)oc2c1C1=CCN(Cc2ccccc2)CC1. The quantitative estimate of drug-likeness (QED) is 0.196. The molecule has 0 saturated carbocycles. The zero-order valence-electron chi connectivity index (χ0n) is 25.2. The first kappa shape index (κ1) is 28.4. The smallest absolute Gasteiger partial charge is 0.200 e. The number of hydrogen-bond acceptors (Lipinski definition) is 6. The van der Waals surface area contributed by atoms with Gasteiger partial charge in [-0.3, -0.25) is 14.5 Å². The molecule has 0 N–H and O–H groups in total. The number of aromatic nitrogens is 1. The number of hydrogen-bond donors (Lipinski definition) is 0. The number of nitrogens with zero attached hydrogens (tertiary/aromatic N) is 2. The largest absolute Gasteiger partial charge is 0.496 e. The lowest BCUT2D eigenvalue weighted by atomic mass is 9.95. The van der Waals surface area contributed by atoms with Crippen LogP contribution in [-0.4, -0.2) is 36.8 Å². The van der Waals surface area contributed by atoms with Crippen LogP contribution in [0.25, 0.3) is 44.5 Å². The molecule has 0 radical (unpaired) electrons. The second-order valence-corrected chi connectivity index (χ2v) is 11.1. The number of rotatable bonds is 7. The van der Waals surface area contributed by atoms with Crippen molar-refractivity contribution in [3.8, 4) is 28.5 Å². The number of pyridine rings is 1. The number of methoxy groups -OCH3 is 2. The number of para-hydroxylation sites is 2. The van der Waals surface area contributed by atoms with Crippen LogP contribution < -0.4 is 20.3 Å². The predicted octanol–water partition coefficient (Wildman–Crippen LogP) is 7.07. The Labute approximate surface area is 260 Å². The Kier molecular flexibility index (Phi) is 7.53. The van der Waals surface area contributed by atoms with Gasteiger partial charge in [0.25, 0.3) is 0 Å². The Morgan fingerprint density at radius 3 is 2.24 bits per heavy atom. The molecule has 7 rings (SSSR count). The van der Waals surface area contributed by atoms with Gasteiger partial charge in [-0.2, -0.15) is 0 Å². The molecule has 0 fully saturated rings. The molecule has 0 aliphatic carbocycles. The Bertz CT molecular complexity index is 2180. The highest BCUT2D eigenvalue weighted by Gasteiger charge is 2.25. The molecule has 0 saturated heterocycles. The van der Waals surface area contributed by atoms with E-state index in [1.165, 1.54) is 18.7 Å². The minimum absolute atomic E-state index is 0.187. The van der Waals surface area contributed by atoms with Crippen LogP contribution in [-0.2, 0) is 6.54 Å². The first-order chi connectivity index (χ1) is 22.1. The van der Waals surface area contributed by atoms with Gasteiger partial charge >= 0.3 is 0 Å². The first-order valence-corrected chi connectivity index (χ1v) is 14.9. The van der Waals surface area contributed by atoms with E-state index in [4.69, 9.17) is 13.9 Å². The molecule has 2 aromatic heterocycles. The van der Waals surface area contributed by atoms with Crippen LogP contribution in [0.15, 0.2) is 123 Å². The van der Waals surface area contributed by atoms with Crippen molar-refractivity contribution in [3.63, 3.8) is 0 Å². The van der Waals surface area contributed by atoms with Gasteiger partial charge in [0.2, 0.25) is 0 Å². The standard InChI is InChI=1S/C38H32N2O5/c1-43-33-22-34(44-2)36-31(41)21-32(29-24-40(27-13-7-4-8-14-27)30-16-10-9-15-28(30)37(29)42)45-38(36)35(33)26-17-19-39(20-18-26)23-25-11-5-3-6-12-25/h3-17,21-22,24H,18-20,23H2,1-2H3. The molecule has 3 heterocycles. The summed E-state index contributed by atoms with van der Waals surface area (Å²) in [6.07, 6.45) is 4.65. The van der Waals surface area contributed by atoms with Crippen molar-refractivity contribution in [1.29, 1.82) is 0 Å². The fourth-order valence-corrected chi connectivity index (χ4v) is 6.22. The maximum absolute atomic E-state index is 13.9. The van der Waals surface area contributed by atoms with Crippen LogP contribution in [0.5, 0.6) is 11.5 Å². The minimum Gasteiger partial charge on any atom is -0.496 e. The molecule has 0 unspecified atom stereocenters. The average molecular weight is 597 g/mol. The van der Waals surface area contributed by atoms with Gasteiger partial charge < -0.3 is 18.5 Å². The van der Waals surface area contributed by atoms with Gasteiger partial charge in [0.15, 0.2) is 16.4 Å². The zero-order valence-corrected chi connectivity index (χ0v) is 25.2. The van der Waals surface area contributed by atoms with Gasteiger partial charge in [0.1, 0.15) is 22.6 Å². The van der Waals surface area contributed by atoms with E-state index in [2.05, 4.69) is 35.2 Å². The summed E-state index contributed by atoms with van der Waals surface area (Å²) in [6, 6.07) is 30.8. The lowest BCUT2D eigenvalue weighted by molar-refractivity contribution is 0.293. The molecular weight excluding hydrogens is 564 g/mol. The fraction of sp³-hybridized carbons (Fsp3) is 0.158. The molecule has 7 nitrogen and oxygen atoms in total. The van der Waals surface area contributed by atoms with Crippen molar-refractivity contribution in [1.82, 2.24) is 9.47 Å². The van der Waals surface area contributed by atoms with E-state index in [-0.39, 0.29) is 22.2 Å². The molecule has 224 valence electrons. The number of benzene rings is 4. The van der Waals surface area contributed by atoms with E-state index in [1.54, 1.807) is 25.4 Å². The first-order valence-electron chi connectivity index (χ1n) is 14.9. The summed E-state index contributed by atoms with van der Waals surface area (Å²) < 4.78 is 20.1. The van der Waals surface area contributed by atoms with Crippen LogP contribution in [0.1, 0.15) is 17.5 Å². The lowest BCUT2D eigenvalue weighted by Crippen LogP contribution is -2.28. The third kappa shape index (κ3) is 5.21. The highest BCUT2D eigenvalue weighted by Crippen LogP contribution is 2.41. The molecule has 0 amide bonds. The van der Waals surface area contributed by atoms with Crippen molar-refractivity contribution in [2.24, 2.45) is 0 Å². The topological polar surface area (TPSA) is 73.9 Å². The Balaban J connectivity index is 1.41. The van der Waals surface area contributed by atoms with Crippen LogP contribution in [0.2, 0.25) is 0 Å². The number of fused-ring (bicyclic) bond motifs is 2. The third-order valence-corrected chi connectivity index (χ3v) is 8.44. The van der Waals surface area contributed by atoms with E-state index in [0.717, 1.165) is 42.8 Å². The molecule has 45 heavy (non-hydrogen) atoms. The maximum Gasteiger partial charge on any atom is 0.200 e. The molecule has 7 heteroatoms. The van der Waals surface area contributed by atoms with Crippen LogP contribution >= 0.6 is 0 Å². The van der Waals surface area contributed by atoms with Gasteiger partial charge in [0.05, 0.1) is 30.9 Å². The third-order valence-electron chi connectivity index (χ3n) is 8.44. The fourth-order valence-electron chi connectivity index (χ4n) is 6.22. The molecule has 1 aliphatic heterocycles. The predicted molar refractivity (Wildman–Crippen MR) is 178 cm³/mol. The van der Waals surface area contributed by atoms with E-state index in [9.17, 15) is 9.59 Å². The van der Waals surface area contributed by atoms with Gasteiger partial charge in [-0.15, -0.1) is 0 Å². The van der Waals surface area contributed by atoms with Crippen molar-refractivity contribution >= 4 is 27.4 Å². The van der Waals surface area contributed by atoms with E-state index in [0.29, 0.717) is 33.4 Å². The van der Waals surface area contributed by atoms with Crippen LogP contribution in [0.4, 0.5) is 0 Å². The van der Waals surface area contributed by atoms with Gasteiger partial charge in [-0.05, 0) is 41.8 Å².